The molecule has 0 aromatic carbocycles. The minimum absolute atomic E-state index is 0.394. The summed E-state index contributed by atoms with van der Waals surface area (Å²) in [6.07, 6.45) is 0. The number of hydrogen-bond donors (Lipinski definition) is 1. The maximum atomic E-state index is 11.5. The zero-order valence-electron chi connectivity index (χ0n) is 12.3. The minimum Gasteiger partial charge on any atom is -0.465 e. The molecule has 0 aliphatic rings. The summed E-state index contributed by atoms with van der Waals surface area (Å²) >= 11 is 1.49. The van der Waals surface area contributed by atoms with Crippen LogP contribution in [0.4, 0.5) is 0 Å². The smallest absolute Gasteiger partial charge is 0.341 e. The van der Waals surface area contributed by atoms with Gasteiger partial charge in [-0.25, -0.2) is 4.79 Å². The van der Waals surface area contributed by atoms with Crippen molar-refractivity contribution in [3.8, 4) is 0 Å². The summed E-state index contributed by atoms with van der Waals surface area (Å²) in [6.45, 7) is 4.82. The monoisotopic (exact) mass is 310 g/mol. The number of carbonyl (C=O) groups is 1. The Bertz CT molecular complexity index is 635. The molecule has 0 radical (unpaired) electrons. The van der Waals surface area contributed by atoms with E-state index in [-0.39, 0.29) is 0 Å². The molecule has 8 heteroatoms. The maximum Gasteiger partial charge on any atom is 0.341 e. The maximum absolute atomic E-state index is 11.5. The summed E-state index contributed by atoms with van der Waals surface area (Å²) in [5, 5.41) is 8.94. The number of esters is 1. The molecule has 114 valence electrons. The van der Waals surface area contributed by atoms with Gasteiger partial charge in [-0.05, 0) is 19.9 Å². The molecule has 0 amide bonds. The largest absolute Gasteiger partial charge is 0.465 e. The van der Waals surface area contributed by atoms with Crippen molar-refractivity contribution < 1.29 is 13.9 Å². The van der Waals surface area contributed by atoms with Crippen LogP contribution < -0.4 is 5.73 Å². The molecule has 2 aromatic heterocycles. The molecule has 7 nitrogen and oxygen atoms in total. The fraction of sp³-hybridized carbons (Fsp3) is 0.462. The molecule has 0 aliphatic carbocycles. The number of rotatable bonds is 6. The molecule has 2 aromatic rings. The first kappa shape index (κ1) is 15.6. The summed E-state index contributed by atoms with van der Waals surface area (Å²) in [5.41, 5.74) is 6.03. The van der Waals surface area contributed by atoms with Gasteiger partial charge in [-0.3, -0.25) is 0 Å². The standard InChI is InChI=1S/C13H18N4O3S/c1-8-11(12(18)19-3)6-10(20-8)7-21-13-16-15-9(2)17(13)5-4-14/h6H,4-5,7,14H2,1-3H3. The molecule has 0 saturated carbocycles. The van der Waals surface area contributed by atoms with Crippen molar-refractivity contribution in [2.24, 2.45) is 5.73 Å². The van der Waals surface area contributed by atoms with Gasteiger partial charge in [0.25, 0.3) is 0 Å². The summed E-state index contributed by atoms with van der Waals surface area (Å²) < 4.78 is 12.2. The van der Waals surface area contributed by atoms with Crippen LogP contribution in [0.3, 0.4) is 0 Å². The van der Waals surface area contributed by atoms with E-state index in [9.17, 15) is 4.79 Å². The van der Waals surface area contributed by atoms with E-state index >= 15 is 0 Å². The average Bonchev–Trinajstić information content (AvgIpc) is 3.01. The Morgan fingerprint density at radius 1 is 1.48 bits per heavy atom. The number of aromatic nitrogens is 3. The van der Waals surface area contributed by atoms with Crippen LogP contribution in [-0.4, -0.2) is 34.4 Å². The zero-order valence-corrected chi connectivity index (χ0v) is 13.1. The summed E-state index contributed by atoms with van der Waals surface area (Å²) in [6, 6.07) is 1.70. The molecule has 2 heterocycles. The Morgan fingerprint density at radius 2 is 2.24 bits per heavy atom. The summed E-state index contributed by atoms with van der Waals surface area (Å²) in [5.74, 6) is 2.24. The molecule has 0 fully saturated rings. The predicted molar refractivity (Wildman–Crippen MR) is 78.2 cm³/mol. The van der Waals surface area contributed by atoms with Gasteiger partial charge in [0.15, 0.2) is 5.16 Å². The molecule has 0 saturated heterocycles. The minimum atomic E-state index is -0.394. The third kappa shape index (κ3) is 3.45. The number of nitrogens with two attached hydrogens (primary N) is 1. The fourth-order valence-corrected chi connectivity index (χ4v) is 2.81. The third-order valence-electron chi connectivity index (χ3n) is 2.97. The van der Waals surface area contributed by atoms with E-state index in [2.05, 4.69) is 10.2 Å². The van der Waals surface area contributed by atoms with Crippen LogP contribution >= 0.6 is 11.8 Å². The number of methoxy groups -OCH3 is 1. The van der Waals surface area contributed by atoms with Gasteiger partial charge >= 0.3 is 5.97 Å². The van der Waals surface area contributed by atoms with E-state index in [1.54, 1.807) is 13.0 Å². The third-order valence-corrected chi connectivity index (χ3v) is 3.96. The van der Waals surface area contributed by atoms with E-state index < -0.39 is 5.97 Å². The quantitative estimate of drug-likeness (QED) is 0.638. The Morgan fingerprint density at radius 3 is 2.90 bits per heavy atom. The molecule has 0 bridgehead atoms. The van der Waals surface area contributed by atoms with Gasteiger partial charge in [-0.1, -0.05) is 11.8 Å². The van der Waals surface area contributed by atoms with Crippen LogP contribution in [0.2, 0.25) is 0 Å². The van der Waals surface area contributed by atoms with E-state index in [1.165, 1.54) is 18.9 Å². The number of hydrogen-bond acceptors (Lipinski definition) is 7. The lowest BCUT2D eigenvalue weighted by molar-refractivity contribution is 0.0599. The van der Waals surface area contributed by atoms with Crippen molar-refractivity contribution in [1.82, 2.24) is 14.8 Å². The van der Waals surface area contributed by atoms with Gasteiger partial charge in [-0.15, -0.1) is 10.2 Å². The van der Waals surface area contributed by atoms with Crippen molar-refractivity contribution in [3.05, 3.63) is 29.0 Å². The van der Waals surface area contributed by atoms with Crippen molar-refractivity contribution in [1.29, 1.82) is 0 Å². The molecule has 0 atom stereocenters. The first-order valence-corrected chi connectivity index (χ1v) is 7.45. The number of ether oxygens (including phenoxy) is 1. The second kappa shape index (κ2) is 6.77. The summed E-state index contributed by atoms with van der Waals surface area (Å²) in [4.78, 5) is 11.5. The van der Waals surface area contributed by atoms with Crippen LogP contribution in [-0.2, 0) is 17.0 Å². The SMILES string of the molecule is COC(=O)c1cc(CSc2nnc(C)n2CCN)oc1C. The molecular formula is C13H18N4O3S. The molecule has 0 aliphatic heterocycles. The van der Waals surface area contributed by atoms with Gasteiger partial charge in [0, 0.05) is 13.1 Å². The topological polar surface area (TPSA) is 96.2 Å². The van der Waals surface area contributed by atoms with Crippen LogP contribution in [0, 0.1) is 13.8 Å². The zero-order chi connectivity index (χ0) is 15.4. The molecule has 0 unspecified atom stereocenters. The van der Waals surface area contributed by atoms with Crippen molar-refractivity contribution in [3.63, 3.8) is 0 Å². The normalized spacial score (nSPS) is 10.9. The average molecular weight is 310 g/mol. The predicted octanol–water partition coefficient (Wildman–Crippen LogP) is 1.53. The lowest BCUT2D eigenvalue weighted by Gasteiger charge is -2.05. The highest BCUT2D eigenvalue weighted by molar-refractivity contribution is 7.98. The highest BCUT2D eigenvalue weighted by Gasteiger charge is 2.16. The molecule has 0 spiro atoms. The van der Waals surface area contributed by atoms with Gasteiger partial charge in [-0.2, -0.15) is 0 Å². The number of aryl methyl sites for hydroxylation is 2. The molecule has 21 heavy (non-hydrogen) atoms. The van der Waals surface area contributed by atoms with E-state index in [0.717, 1.165) is 11.0 Å². The highest BCUT2D eigenvalue weighted by Crippen LogP contribution is 2.25. The van der Waals surface area contributed by atoms with Gasteiger partial charge in [0.2, 0.25) is 0 Å². The fourth-order valence-electron chi connectivity index (χ4n) is 1.92. The Labute approximate surface area is 126 Å². The summed E-state index contributed by atoms with van der Waals surface area (Å²) in [7, 11) is 1.35. The van der Waals surface area contributed by atoms with Crippen LogP contribution in [0.5, 0.6) is 0 Å². The van der Waals surface area contributed by atoms with Gasteiger partial charge in [0.1, 0.15) is 22.9 Å². The Hall–Kier alpha value is -1.80. The van der Waals surface area contributed by atoms with E-state index in [0.29, 0.717) is 35.9 Å². The number of nitrogens with zero attached hydrogens (tertiary/aromatic N) is 3. The lowest BCUT2D eigenvalue weighted by Crippen LogP contribution is -2.12. The van der Waals surface area contributed by atoms with Gasteiger partial charge < -0.3 is 19.5 Å². The Balaban J connectivity index is 2.08. The number of furan rings is 1. The highest BCUT2D eigenvalue weighted by atomic mass is 32.2. The van der Waals surface area contributed by atoms with E-state index in [1.807, 2.05) is 11.5 Å². The molecule has 2 N–H and O–H groups in total. The van der Waals surface area contributed by atoms with Crippen molar-refractivity contribution in [2.75, 3.05) is 13.7 Å². The second-order valence-corrected chi connectivity index (χ2v) is 5.38. The molecular weight excluding hydrogens is 292 g/mol. The molecule has 2 rings (SSSR count). The lowest BCUT2D eigenvalue weighted by atomic mass is 10.2. The van der Waals surface area contributed by atoms with Crippen molar-refractivity contribution in [2.45, 2.75) is 31.3 Å². The van der Waals surface area contributed by atoms with Crippen LogP contribution in [0.15, 0.2) is 15.6 Å². The van der Waals surface area contributed by atoms with E-state index in [4.69, 9.17) is 14.9 Å². The van der Waals surface area contributed by atoms with Gasteiger partial charge in [0.05, 0.1) is 12.9 Å². The van der Waals surface area contributed by atoms with Crippen LogP contribution in [0.25, 0.3) is 0 Å². The number of carbonyl (C=O) groups excluding carboxylic acids is 1. The number of thioether (sulfide) groups is 1. The first-order chi connectivity index (χ1) is 10.1. The van der Waals surface area contributed by atoms with Crippen LogP contribution in [0.1, 0.15) is 27.7 Å². The second-order valence-electron chi connectivity index (χ2n) is 4.43. The van der Waals surface area contributed by atoms with Crippen molar-refractivity contribution >= 4 is 17.7 Å². The first-order valence-electron chi connectivity index (χ1n) is 6.47. The Kier molecular flexibility index (Phi) is 5.03.